The van der Waals surface area contributed by atoms with Crippen molar-refractivity contribution >= 4 is 22.4 Å². The van der Waals surface area contributed by atoms with Crippen LogP contribution in [0.2, 0.25) is 0 Å². The highest BCUT2D eigenvalue weighted by atomic mass is 35.5. The number of hydrogen-bond donors (Lipinski definition) is 1. The van der Waals surface area contributed by atoms with Crippen LogP contribution in [0.4, 0.5) is 8.78 Å². The summed E-state index contributed by atoms with van der Waals surface area (Å²) in [5.41, 5.74) is 5.69. The molecule has 154 valence electrons. The fraction of sp³-hybridized carbons (Fsp3) is 0.529. The van der Waals surface area contributed by atoms with Gasteiger partial charge in [0.15, 0.2) is 5.82 Å². The Hall–Kier alpha value is -1.62. The van der Waals surface area contributed by atoms with Crippen molar-refractivity contribution in [3.63, 3.8) is 0 Å². The van der Waals surface area contributed by atoms with E-state index in [1.807, 2.05) is 0 Å². The molecule has 0 amide bonds. The van der Waals surface area contributed by atoms with Gasteiger partial charge < -0.3 is 10.3 Å². The van der Waals surface area contributed by atoms with Gasteiger partial charge in [-0.25, -0.2) is 17.2 Å². The van der Waals surface area contributed by atoms with Crippen LogP contribution < -0.4 is 5.73 Å². The largest absolute Gasteiger partial charge is 0.339 e. The molecule has 1 saturated heterocycles. The van der Waals surface area contributed by atoms with Gasteiger partial charge in [0.2, 0.25) is 15.9 Å². The maximum atomic E-state index is 13.9. The molecule has 0 atom stereocenters. The number of sulfonamides is 1. The third-order valence-corrected chi connectivity index (χ3v) is 7.36. The topological polar surface area (TPSA) is 102 Å². The summed E-state index contributed by atoms with van der Waals surface area (Å²) in [4.78, 5) is 3.78. The molecule has 0 bridgehead atoms. The Morgan fingerprint density at radius 1 is 1.21 bits per heavy atom. The van der Waals surface area contributed by atoms with E-state index in [0.29, 0.717) is 30.6 Å². The van der Waals surface area contributed by atoms with Gasteiger partial charge in [-0.1, -0.05) is 5.16 Å². The molecule has 1 aliphatic carbocycles. The van der Waals surface area contributed by atoms with Crippen LogP contribution in [0, 0.1) is 11.6 Å². The number of benzene rings is 1. The lowest BCUT2D eigenvalue weighted by atomic mass is 9.77. The first-order valence-electron chi connectivity index (χ1n) is 8.88. The predicted octanol–water partition coefficient (Wildman–Crippen LogP) is 2.68. The van der Waals surface area contributed by atoms with Gasteiger partial charge in [-0.15, -0.1) is 12.4 Å². The molecule has 1 aromatic heterocycles. The van der Waals surface area contributed by atoms with Gasteiger partial charge in [0.05, 0.1) is 5.54 Å². The van der Waals surface area contributed by atoms with E-state index >= 15 is 0 Å². The zero-order chi connectivity index (χ0) is 19.2. The number of halogens is 3. The Morgan fingerprint density at radius 2 is 1.89 bits per heavy atom. The Bertz CT molecular complexity index is 957. The molecule has 2 heterocycles. The predicted molar refractivity (Wildman–Crippen MR) is 98.4 cm³/mol. The smallest absolute Gasteiger partial charge is 0.246 e. The molecule has 1 saturated carbocycles. The van der Waals surface area contributed by atoms with E-state index in [1.54, 1.807) is 0 Å². The molecule has 28 heavy (non-hydrogen) atoms. The molecular formula is C17H21ClF2N4O3S. The maximum Gasteiger partial charge on any atom is 0.246 e. The van der Waals surface area contributed by atoms with Gasteiger partial charge in [-0.05, 0) is 50.3 Å². The van der Waals surface area contributed by atoms with Crippen LogP contribution in [0.1, 0.15) is 49.7 Å². The second-order valence-corrected chi connectivity index (χ2v) is 9.13. The highest BCUT2D eigenvalue weighted by Gasteiger charge is 2.40. The van der Waals surface area contributed by atoms with Crippen LogP contribution in [0.25, 0.3) is 0 Å². The molecule has 11 heteroatoms. The molecule has 1 aromatic carbocycles. The molecule has 7 nitrogen and oxygen atoms in total. The van der Waals surface area contributed by atoms with Crippen LogP contribution in [0.3, 0.4) is 0 Å². The summed E-state index contributed by atoms with van der Waals surface area (Å²) in [5.74, 6) is -0.890. The zero-order valence-electron chi connectivity index (χ0n) is 15.0. The molecule has 0 radical (unpaired) electrons. The van der Waals surface area contributed by atoms with E-state index < -0.39 is 32.1 Å². The molecule has 4 rings (SSSR count). The number of aromatic nitrogens is 2. The molecule has 2 aliphatic rings. The van der Waals surface area contributed by atoms with Crippen LogP contribution >= 0.6 is 12.4 Å². The van der Waals surface area contributed by atoms with E-state index in [1.165, 1.54) is 0 Å². The van der Waals surface area contributed by atoms with E-state index in [-0.39, 0.29) is 31.4 Å². The summed E-state index contributed by atoms with van der Waals surface area (Å²) in [5, 5.41) is 3.99. The highest BCUT2D eigenvalue weighted by Crippen LogP contribution is 2.38. The summed E-state index contributed by atoms with van der Waals surface area (Å²) < 4.78 is 59.1. The van der Waals surface area contributed by atoms with E-state index in [2.05, 4.69) is 10.1 Å². The van der Waals surface area contributed by atoms with Gasteiger partial charge in [-0.3, -0.25) is 0 Å². The van der Waals surface area contributed by atoms with E-state index in [9.17, 15) is 17.2 Å². The minimum Gasteiger partial charge on any atom is -0.339 e. The van der Waals surface area contributed by atoms with Crippen molar-refractivity contribution in [1.29, 1.82) is 0 Å². The number of nitrogens with two attached hydrogens (primary N) is 1. The average Bonchev–Trinajstić information content (AvgIpc) is 3.12. The second kappa shape index (κ2) is 7.66. The van der Waals surface area contributed by atoms with Crippen LogP contribution in [-0.4, -0.2) is 36.0 Å². The fourth-order valence-electron chi connectivity index (χ4n) is 3.54. The third-order valence-electron chi connectivity index (χ3n) is 5.45. The van der Waals surface area contributed by atoms with Crippen molar-refractivity contribution in [3.8, 4) is 0 Å². The fourth-order valence-corrected chi connectivity index (χ4v) is 5.09. The van der Waals surface area contributed by atoms with E-state index in [0.717, 1.165) is 35.7 Å². The summed E-state index contributed by atoms with van der Waals surface area (Å²) in [6, 6.07) is 2.42. The quantitative estimate of drug-likeness (QED) is 0.793. The molecule has 2 fully saturated rings. The second-order valence-electron chi connectivity index (χ2n) is 7.22. The summed E-state index contributed by atoms with van der Waals surface area (Å²) >= 11 is 0. The number of rotatable bonds is 4. The third kappa shape index (κ3) is 3.66. The summed E-state index contributed by atoms with van der Waals surface area (Å²) in [7, 11) is -4.10. The summed E-state index contributed by atoms with van der Waals surface area (Å²) in [6.07, 6.45) is 3.59. The van der Waals surface area contributed by atoms with Gasteiger partial charge in [0.25, 0.3) is 0 Å². The normalized spacial score (nSPS) is 20.4. The Kier molecular flexibility index (Phi) is 5.77. The number of piperidine rings is 1. The standard InChI is InChI=1S/C17H20F2N4O3S.ClH/c18-12-2-3-13(19)14(10-12)27(24,25)23-8-4-11(5-9-23)15-21-16(22-26-15)17(20)6-1-7-17;/h2-3,10-11H,1,4-9,20H2;1H. The lowest BCUT2D eigenvalue weighted by Gasteiger charge is -2.34. The van der Waals surface area contributed by atoms with E-state index in [4.69, 9.17) is 10.3 Å². The first kappa shape index (κ1) is 21.1. The lowest BCUT2D eigenvalue weighted by Crippen LogP contribution is -2.44. The van der Waals surface area contributed by atoms with Crippen molar-refractivity contribution < 1.29 is 21.7 Å². The SMILES string of the molecule is Cl.NC1(c2noc(C3CCN(S(=O)(=O)c4cc(F)ccc4F)CC3)n2)CCC1. The Morgan fingerprint density at radius 3 is 2.50 bits per heavy atom. The molecule has 0 spiro atoms. The van der Waals surface area contributed by atoms with Gasteiger partial charge in [-0.2, -0.15) is 9.29 Å². The number of hydrogen-bond acceptors (Lipinski definition) is 6. The first-order valence-corrected chi connectivity index (χ1v) is 10.3. The number of nitrogens with zero attached hydrogens (tertiary/aromatic N) is 3. The van der Waals surface area contributed by atoms with Gasteiger partial charge >= 0.3 is 0 Å². The van der Waals surface area contributed by atoms with Crippen LogP contribution in [-0.2, 0) is 15.6 Å². The highest BCUT2D eigenvalue weighted by molar-refractivity contribution is 7.89. The monoisotopic (exact) mass is 434 g/mol. The molecule has 2 aromatic rings. The zero-order valence-corrected chi connectivity index (χ0v) is 16.6. The molecule has 0 unspecified atom stereocenters. The van der Waals surface area contributed by atoms with Crippen molar-refractivity contribution in [1.82, 2.24) is 14.4 Å². The lowest BCUT2D eigenvalue weighted by molar-refractivity contribution is 0.227. The maximum absolute atomic E-state index is 13.9. The van der Waals surface area contributed by atoms with Crippen molar-refractivity contribution in [2.45, 2.75) is 48.5 Å². The average molecular weight is 435 g/mol. The van der Waals surface area contributed by atoms with Crippen LogP contribution in [0.15, 0.2) is 27.6 Å². The first-order chi connectivity index (χ1) is 12.8. The van der Waals surface area contributed by atoms with Crippen molar-refractivity contribution in [2.24, 2.45) is 5.73 Å². The van der Waals surface area contributed by atoms with Crippen molar-refractivity contribution in [2.75, 3.05) is 13.1 Å². The Labute approximate surface area is 167 Å². The molecular weight excluding hydrogens is 414 g/mol. The van der Waals surface area contributed by atoms with Gasteiger partial charge in [0, 0.05) is 19.0 Å². The minimum absolute atomic E-state index is 0. The Balaban J connectivity index is 0.00000225. The molecule has 1 aliphatic heterocycles. The summed E-state index contributed by atoms with van der Waals surface area (Å²) in [6.45, 7) is 0.322. The van der Waals surface area contributed by atoms with Crippen molar-refractivity contribution in [3.05, 3.63) is 41.5 Å². The van der Waals surface area contributed by atoms with Gasteiger partial charge in [0.1, 0.15) is 16.5 Å². The molecule has 2 N–H and O–H groups in total. The minimum atomic E-state index is -4.10. The van der Waals surface area contributed by atoms with Crippen LogP contribution in [0.5, 0.6) is 0 Å².